The van der Waals surface area contributed by atoms with Crippen molar-refractivity contribution in [3.8, 4) is 0 Å². The molecule has 1 atom stereocenters. The van der Waals surface area contributed by atoms with E-state index in [1.807, 2.05) is 17.2 Å². The van der Waals surface area contributed by atoms with E-state index < -0.39 is 9.84 Å². The van der Waals surface area contributed by atoms with Crippen LogP contribution in [0.5, 0.6) is 0 Å². The maximum Gasteiger partial charge on any atom is 0.185 e. The fraction of sp³-hybridized carbons (Fsp3) is 0.667. The number of hydrogen-bond acceptors (Lipinski definition) is 6. The Kier molecular flexibility index (Phi) is 3.18. The van der Waals surface area contributed by atoms with Crippen molar-refractivity contribution >= 4 is 26.3 Å². The first-order chi connectivity index (χ1) is 7.52. The first kappa shape index (κ1) is 11.8. The van der Waals surface area contributed by atoms with E-state index in [0.29, 0.717) is 13.1 Å². The molecule has 1 aromatic heterocycles. The number of nitrogens with two attached hydrogens (primary N) is 1. The first-order valence-corrected chi connectivity index (χ1v) is 7.83. The van der Waals surface area contributed by atoms with Gasteiger partial charge < -0.3 is 10.6 Å². The number of aromatic nitrogens is 1. The molecule has 0 aromatic carbocycles. The second kappa shape index (κ2) is 4.31. The zero-order valence-electron chi connectivity index (χ0n) is 9.09. The fourth-order valence-electron chi connectivity index (χ4n) is 1.80. The Morgan fingerprint density at radius 3 is 3.00 bits per heavy atom. The molecule has 0 radical (unpaired) electrons. The molecule has 2 N–H and O–H groups in total. The van der Waals surface area contributed by atoms with Crippen molar-refractivity contribution in [3.05, 3.63) is 11.1 Å². The summed E-state index contributed by atoms with van der Waals surface area (Å²) in [4.78, 5) is 6.42. The van der Waals surface area contributed by atoms with Gasteiger partial charge in [0.05, 0.1) is 17.2 Å². The van der Waals surface area contributed by atoms with Gasteiger partial charge in [0.2, 0.25) is 0 Å². The predicted molar refractivity (Wildman–Crippen MR) is 65.5 cm³/mol. The zero-order chi connectivity index (χ0) is 11.8. The van der Waals surface area contributed by atoms with E-state index in [1.54, 1.807) is 0 Å². The Hall–Kier alpha value is -0.660. The molecule has 1 fully saturated rings. The van der Waals surface area contributed by atoms with Crippen LogP contribution in [0.25, 0.3) is 0 Å². The Morgan fingerprint density at radius 1 is 1.69 bits per heavy atom. The van der Waals surface area contributed by atoms with Crippen LogP contribution in [-0.2, 0) is 16.4 Å². The van der Waals surface area contributed by atoms with E-state index in [0.717, 1.165) is 10.8 Å². The van der Waals surface area contributed by atoms with Gasteiger partial charge in [0.25, 0.3) is 0 Å². The van der Waals surface area contributed by atoms with Gasteiger partial charge in [0.15, 0.2) is 15.0 Å². The molecule has 0 spiro atoms. The topological polar surface area (TPSA) is 76.3 Å². The molecule has 2 rings (SSSR count). The minimum Gasteiger partial charge on any atom is -0.343 e. The van der Waals surface area contributed by atoms with Crippen molar-refractivity contribution in [1.82, 2.24) is 4.98 Å². The molecule has 1 aromatic rings. The highest BCUT2D eigenvalue weighted by Crippen LogP contribution is 2.25. The molecular weight excluding hydrogens is 246 g/mol. The minimum atomic E-state index is -2.86. The highest BCUT2D eigenvalue weighted by atomic mass is 32.2. The summed E-state index contributed by atoms with van der Waals surface area (Å²) in [6.07, 6.45) is 0. The van der Waals surface area contributed by atoms with Crippen LogP contribution in [0.2, 0.25) is 0 Å². The van der Waals surface area contributed by atoms with Gasteiger partial charge >= 0.3 is 0 Å². The van der Waals surface area contributed by atoms with Gasteiger partial charge in [0.1, 0.15) is 0 Å². The van der Waals surface area contributed by atoms with Crippen LogP contribution in [-0.4, -0.2) is 37.5 Å². The molecule has 0 amide bonds. The molecule has 1 aliphatic heterocycles. The molecule has 5 nitrogen and oxygen atoms in total. The van der Waals surface area contributed by atoms with Gasteiger partial charge in [-0.15, -0.1) is 11.3 Å². The summed E-state index contributed by atoms with van der Waals surface area (Å²) in [7, 11) is -2.86. The fourth-order valence-corrected chi connectivity index (χ4v) is 4.33. The third-order valence-corrected chi connectivity index (χ3v) is 5.39. The average Bonchev–Trinajstić information content (AvgIpc) is 2.64. The Labute approximate surface area is 99.2 Å². The molecule has 1 aliphatic rings. The number of sulfone groups is 1. The van der Waals surface area contributed by atoms with Crippen molar-refractivity contribution < 1.29 is 8.42 Å². The third-order valence-electron chi connectivity index (χ3n) is 2.66. The monoisotopic (exact) mass is 261 g/mol. The lowest BCUT2D eigenvalue weighted by Gasteiger charge is -2.32. The number of rotatable bonds is 2. The number of hydrogen-bond donors (Lipinski definition) is 1. The van der Waals surface area contributed by atoms with Crippen LogP contribution in [0.1, 0.15) is 12.6 Å². The van der Waals surface area contributed by atoms with Crippen molar-refractivity contribution in [2.45, 2.75) is 19.5 Å². The van der Waals surface area contributed by atoms with Crippen LogP contribution in [0, 0.1) is 0 Å². The van der Waals surface area contributed by atoms with Crippen molar-refractivity contribution in [2.24, 2.45) is 5.73 Å². The summed E-state index contributed by atoms with van der Waals surface area (Å²) >= 11 is 1.52. The molecule has 2 heterocycles. The second-order valence-electron chi connectivity index (χ2n) is 3.98. The van der Waals surface area contributed by atoms with Crippen LogP contribution in [0.3, 0.4) is 0 Å². The largest absolute Gasteiger partial charge is 0.343 e. The summed E-state index contributed by atoms with van der Waals surface area (Å²) < 4.78 is 22.9. The highest BCUT2D eigenvalue weighted by molar-refractivity contribution is 7.91. The van der Waals surface area contributed by atoms with Gasteiger partial charge in [-0.1, -0.05) is 0 Å². The van der Waals surface area contributed by atoms with E-state index in [9.17, 15) is 8.42 Å². The average molecular weight is 261 g/mol. The summed E-state index contributed by atoms with van der Waals surface area (Å²) in [5.41, 5.74) is 6.36. The predicted octanol–water partition coefficient (Wildman–Crippen LogP) is 0.225. The summed E-state index contributed by atoms with van der Waals surface area (Å²) in [5.74, 6) is 0.430. The van der Waals surface area contributed by atoms with Crippen LogP contribution < -0.4 is 10.6 Å². The summed E-state index contributed by atoms with van der Waals surface area (Å²) in [6, 6.07) is -0.00414. The molecule has 1 unspecified atom stereocenters. The molecule has 90 valence electrons. The van der Waals surface area contributed by atoms with Crippen LogP contribution >= 0.6 is 11.3 Å². The van der Waals surface area contributed by atoms with Gasteiger partial charge in [-0.2, -0.15) is 0 Å². The Bertz CT molecular complexity index is 469. The Balaban J connectivity index is 2.17. The molecular formula is C9H15N3O2S2. The lowest BCUT2D eigenvalue weighted by molar-refractivity contribution is 0.568. The smallest absolute Gasteiger partial charge is 0.185 e. The normalized spacial score (nSPS) is 24.6. The van der Waals surface area contributed by atoms with Gasteiger partial charge in [-0.3, -0.25) is 0 Å². The van der Waals surface area contributed by atoms with Crippen molar-refractivity contribution in [3.63, 3.8) is 0 Å². The number of nitrogens with zero attached hydrogens (tertiary/aromatic N) is 2. The van der Waals surface area contributed by atoms with Crippen LogP contribution in [0.15, 0.2) is 5.38 Å². The quantitative estimate of drug-likeness (QED) is 0.824. The van der Waals surface area contributed by atoms with E-state index in [4.69, 9.17) is 5.73 Å². The maximum absolute atomic E-state index is 11.4. The van der Waals surface area contributed by atoms with E-state index in [-0.39, 0.29) is 17.5 Å². The van der Waals surface area contributed by atoms with Crippen molar-refractivity contribution in [2.75, 3.05) is 23.0 Å². The SMILES string of the molecule is CC1CS(=O)(=O)CCN1c1nc(CN)cs1. The van der Waals surface area contributed by atoms with Crippen molar-refractivity contribution in [1.29, 1.82) is 0 Å². The maximum atomic E-state index is 11.4. The van der Waals surface area contributed by atoms with Crippen LogP contribution in [0.4, 0.5) is 5.13 Å². The second-order valence-corrected chi connectivity index (χ2v) is 7.05. The van der Waals surface area contributed by atoms with Gasteiger partial charge in [-0.05, 0) is 6.92 Å². The first-order valence-electron chi connectivity index (χ1n) is 5.13. The number of thiazole rings is 1. The van der Waals surface area contributed by atoms with E-state index >= 15 is 0 Å². The third kappa shape index (κ3) is 2.36. The Morgan fingerprint density at radius 2 is 2.44 bits per heavy atom. The lowest BCUT2D eigenvalue weighted by atomic mass is 10.3. The summed E-state index contributed by atoms with van der Waals surface area (Å²) in [5, 5.41) is 2.80. The minimum absolute atomic E-state index is 0.00414. The van der Waals surface area contributed by atoms with E-state index in [1.165, 1.54) is 11.3 Å². The highest BCUT2D eigenvalue weighted by Gasteiger charge is 2.29. The lowest BCUT2D eigenvalue weighted by Crippen LogP contribution is -2.47. The summed E-state index contributed by atoms with van der Waals surface area (Å²) in [6.45, 7) is 2.87. The van der Waals surface area contributed by atoms with E-state index in [2.05, 4.69) is 4.98 Å². The molecule has 0 saturated carbocycles. The van der Waals surface area contributed by atoms with Gasteiger partial charge in [0, 0.05) is 24.5 Å². The molecule has 16 heavy (non-hydrogen) atoms. The molecule has 0 bridgehead atoms. The zero-order valence-corrected chi connectivity index (χ0v) is 10.7. The molecule has 0 aliphatic carbocycles. The standard InChI is InChI=1S/C9H15N3O2S2/c1-7-6-16(13,14)3-2-12(7)9-11-8(4-10)5-15-9/h5,7H,2-4,6,10H2,1H3. The molecule has 7 heteroatoms. The van der Waals surface area contributed by atoms with Gasteiger partial charge in [-0.25, -0.2) is 13.4 Å². The molecule has 1 saturated heterocycles. The number of anilines is 1.